The summed E-state index contributed by atoms with van der Waals surface area (Å²) in [6, 6.07) is 2.73. The van der Waals surface area contributed by atoms with Crippen LogP contribution in [0.25, 0.3) is 0 Å². The van der Waals surface area contributed by atoms with Crippen molar-refractivity contribution in [2.24, 2.45) is 5.73 Å². The van der Waals surface area contributed by atoms with Crippen molar-refractivity contribution in [3.8, 4) is 0 Å². The van der Waals surface area contributed by atoms with Crippen LogP contribution in [0, 0.1) is 11.6 Å². The van der Waals surface area contributed by atoms with Gasteiger partial charge in [-0.25, -0.2) is 18.6 Å². The fraction of sp³-hybridized carbons (Fsp3) is 0.0909. The molecule has 0 aromatic heterocycles. The van der Waals surface area contributed by atoms with Gasteiger partial charge < -0.3 is 10.8 Å². The van der Waals surface area contributed by atoms with Crippen LogP contribution in [0.15, 0.2) is 30.0 Å². The van der Waals surface area contributed by atoms with E-state index in [0.29, 0.717) is 6.07 Å². The molecule has 4 N–H and O–H groups in total. The maximum absolute atomic E-state index is 13.0. The number of rotatable bonds is 3. The number of carboxylic acids is 1. The average Bonchev–Trinajstić information content (AvgIpc) is 2.23. The quantitative estimate of drug-likeness (QED) is 0.488. The number of halogens is 2. The number of hydrogen-bond donors (Lipinski definition) is 3. The third-order valence-electron chi connectivity index (χ3n) is 2.07. The van der Waals surface area contributed by atoms with Crippen LogP contribution < -0.4 is 10.7 Å². The minimum absolute atomic E-state index is 0.0402. The number of nitrogens with two attached hydrogens (primary N) is 1. The fourth-order valence-corrected chi connectivity index (χ4v) is 1.39. The molecule has 1 aromatic carbocycles. The molecule has 1 aromatic rings. The van der Waals surface area contributed by atoms with E-state index < -0.39 is 17.6 Å². The van der Waals surface area contributed by atoms with Gasteiger partial charge in [0.05, 0.1) is 5.56 Å². The topological polar surface area (TPSA) is 77.3 Å². The van der Waals surface area contributed by atoms with Gasteiger partial charge in [0.1, 0.15) is 24.3 Å². The van der Waals surface area contributed by atoms with Gasteiger partial charge in [-0.3, -0.25) is 0 Å². The molecule has 90 valence electrons. The maximum Gasteiger partial charge on any atom is 0.343 e. The van der Waals surface area contributed by atoms with Crippen LogP contribution in [0.3, 0.4) is 0 Å². The second-order valence-corrected chi connectivity index (χ2v) is 3.17. The summed E-state index contributed by atoms with van der Waals surface area (Å²) in [7, 11) is 1.44. The summed E-state index contributed by atoms with van der Waals surface area (Å²) in [5.41, 5.74) is 5.02. The Labute approximate surface area is 96.1 Å². The highest BCUT2D eigenvalue weighted by atomic mass is 19.1. The molecule has 0 radical (unpaired) electrons. The standard InChI is InChI=1S/C11H10F2N2O2/c1-15-10(9(5-14)11(16)17)6-2-7(12)4-8(13)3-6/h2-5H,14H2,1H3,(H,16,17)/p+1. The van der Waals surface area contributed by atoms with Gasteiger partial charge in [-0.15, -0.1) is 0 Å². The minimum Gasteiger partial charge on any atom is -0.477 e. The Balaban J connectivity index is 3.33. The first-order valence-corrected chi connectivity index (χ1v) is 4.66. The lowest BCUT2D eigenvalue weighted by atomic mass is 10.0. The molecule has 0 aliphatic carbocycles. The molecule has 4 nitrogen and oxygen atoms in total. The van der Waals surface area contributed by atoms with Crippen molar-refractivity contribution in [2.75, 3.05) is 7.05 Å². The second kappa shape index (κ2) is 5.20. The zero-order valence-electron chi connectivity index (χ0n) is 9.00. The van der Waals surface area contributed by atoms with Gasteiger partial charge in [-0.1, -0.05) is 0 Å². The van der Waals surface area contributed by atoms with E-state index in [1.165, 1.54) is 7.05 Å². The lowest BCUT2D eigenvalue weighted by Gasteiger charge is -2.02. The van der Waals surface area contributed by atoms with E-state index in [-0.39, 0.29) is 16.8 Å². The lowest BCUT2D eigenvalue weighted by molar-refractivity contribution is -0.418. The lowest BCUT2D eigenvalue weighted by Crippen LogP contribution is -2.69. The zero-order valence-corrected chi connectivity index (χ0v) is 9.00. The Hall–Kier alpha value is -2.24. The first-order valence-electron chi connectivity index (χ1n) is 4.66. The Morgan fingerprint density at radius 3 is 2.24 bits per heavy atom. The van der Waals surface area contributed by atoms with E-state index >= 15 is 0 Å². The summed E-state index contributed by atoms with van der Waals surface area (Å²) in [4.78, 5) is 13.4. The van der Waals surface area contributed by atoms with Crippen molar-refractivity contribution in [3.63, 3.8) is 0 Å². The molecule has 0 saturated carbocycles. The predicted molar refractivity (Wildman–Crippen MR) is 57.3 cm³/mol. The smallest absolute Gasteiger partial charge is 0.343 e. The van der Waals surface area contributed by atoms with Gasteiger partial charge in [-0.05, 0) is 12.1 Å². The summed E-state index contributed by atoms with van der Waals surface area (Å²) < 4.78 is 26.0. The van der Waals surface area contributed by atoms with Gasteiger partial charge in [0, 0.05) is 12.3 Å². The number of carbonyl (C=O) groups is 1. The molecule has 17 heavy (non-hydrogen) atoms. The molecule has 0 heterocycles. The van der Waals surface area contributed by atoms with Crippen molar-refractivity contribution in [3.05, 3.63) is 47.2 Å². The monoisotopic (exact) mass is 241 g/mol. The van der Waals surface area contributed by atoms with Gasteiger partial charge in [-0.2, -0.15) is 0 Å². The summed E-state index contributed by atoms with van der Waals surface area (Å²) in [5, 5.41) is 8.88. The fourth-order valence-electron chi connectivity index (χ4n) is 1.39. The van der Waals surface area contributed by atoms with Crippen LogP contribution >= 0.6 is 0 Å². The normalized spacial score (nSPS) is 12.6. The van der Waals surface area contributed by atoms with Gasteiger partial charge in [0.15, 0.2) is 0 Å². The van der Waals surface area contributed by atoms with Crippen molar-refractivity contribution >= 4 is 11.7 Å². The summed E-state index contributed by atoms with van der Waals surface area (Å²) in [6.45, 7) is 0. The van der Waals surface area contributed by atoms with Crippen LogP contribution in [-0.4, -0.2) is 23.8 Å². The number of benzene rings is 1. The van der Waals surface area contributed by atoms with E-state index in [1.807, 2.05) is 0 Å². The summed E-state index contributed by atoms with van der Waals surface area (Å²) in [5.74, 6) is -2.88. The SMILES string of the molecule is C[NH+]=C(C(=CN)C(=O)O)c1cc(F)cc(F)c1. The zero-order chi connectivity index (χ0) is 13.0. The van der Waals surface area contributed by atoms with E-state index in [0.717, 1.165) is 18.3 Å². The Kier molecular flexibility index (Phi) is 3.92. The van der Waals surface area contributed by atoms with Gasteiger partial charge in [0.2, 0.25) is 5.71 Å². The minimum atomic E-state index is -1.29. The largest absolute Gasteiger partial charge is 0.477 e. The molecule has 6 heteroatoms. The first-order chi connectivity index (χ1) is 7.99. The molecule has 0 aliphatic heterocycles. The van der Waals surface area contributed by atoms with Crippen LogP contribution in [0.5, 0.6) is 0 Å². The molecular formula is C11H11F2N2O2+. The highest BCUT2D eigenvalue weighted by Gasteiger charge is 2.22. The Morgan fingerprint density at radius 1 is 1.35 bits per heavy atom. The van der Waals surface area contributed by atoms with Crippen LogP contribution in [0.2, 0.25) is 0 Å². The predicted octanol–water partition coefficient (Wildman–Crippen LogP) is -0.608. The number of nitrogens with one attached hydrogen (secondary N) is 1. The Bertz CT molecular complexity index is 490. The molecule has 1 rings (SSSR count). The number of hydrogen-bond acceptors (Lipinski definition) is 2. The molecule has 0 bridgehead atoms. The molecule has 0 fully saturated rings. The van der Waals surface area contributed by atoms with Crippen molar-refractivity contribution in [2.45, 2.75) is 0 Å². The highest BCUT2D eigenvalue weighted by Crippen LogP contribution is 2.11. The van der Waals surface area contributed by atoms with E-state index in [1.54, 1.807) is 0 Å². The molecular weight excluding hydrogens is 230 g/mol. The first kappa shape index (κ1) is 12.8. The molecule has 0 unspecified atom stereocenters. The van der Waals surface area contributed by atoms with E-state index in [4.69, 9.17) is 10.8 Å². The molecule has 0 aliphatic rings. The second-order valence-electron chi connectivity index (χ2n) is 3.17. The van der Waals surface area contributed by atoms with Crippen LogP contribution in [0.1, 0.15) is 5.56 Å². The van der Waals surface area contributed by atoms with Crippen LogP contribution in [-0.2, 0) is 4.79 Å². The van der Waals surface area contributed by atoms with Gasteiger partial charge in [0.25, 0.3) is 0 Å². The molecule has 0 saturated heterocycles. The molecule has 0 amide bonds. The van der Waals surface area contributed by atoms with Crippen molar-refractivity contribution < 1.29 is 23.7 Å². The average molecular weight is 241 g/mol. The highest BCUT2D eigenvalue weighted by molar-refractivity contribution is 6.23. The molecule has 0 atom stereocenters. The maximum atomic E-state index is 13.0. The Morgan fingerprint density at radius 2 is 1.88 bits per heavy atom. The van der Waals surface area contributed by atoms with Crippen LogP contribution in [0.4, 0.5) is 8.78 Å². The third kappa shape index (κ3) is 2.87. The van der Waals surface area contributed by atoms with Crippen molar-refractivity contribution in [1.82, 2.24) is 0 Å². The molecule has 0 spiro atoms. The number of aliphatic carboxylic acids is 1. The van der Waals surface area contributed by atoms with Gasteiger partial charge >= 0.3 is 5.97 Å². The summed E-state index contributed by atoms with van der Waals surface area (Å²) >= 11 is 0. The number of carboxylic acid groups (broad SMARTS) is 1. The third-order valence-corrected chi connectivity index (χ3v) is 2.07. The van der Waals surface area contributed by atoms with E-state index in [9.17, 15) is 13.6 Å². The van der Waals surface area contributed by atoms with Crippen molar-refractivity contribution in [1.29, 1.82) is 0 Å². The summed E-state index contributed by atoms with van der Waals surface area (Å²) in [6.07, 6.45) is 0.858. The van der Waals surface area contributed by atoms with E-state index in [2.05, 4.69) is 4.99 Å².